The first-order valence-electron chi connectivity index (χ1n) is 6.61. The zero-order valence-electron chi connectivity index (χ0n) is 12.1. The van der Waals surface area contributed by atoms with Crippen LogP contribution in [0.3, 0.4) is 0 Å². The average molecular weight is 286 g/mol. The van der Waals surface area contributed by atoms with Crippen LogP contribution in [0.5, 0.6) is 0 Å². The molecule has 0 bridgehead atoms. The van der Waals surface area contributed by atoms with E-state index >= 15 is 0 Å². The predicted molar refractivity (Wildman–Crippen MR) is 79.0 cm³/mol. The van der Waals surface area contributed by atoms with Crippen LogP contribution in [0.4, 0.5) is 0 Å². The highest BCUT2D eigenvalue weighted by molar-refractivity contribution is 6.09. The van der Waals surface area contributed by atoms with Gasteiger partial charge < -0.3 is 15.0 Å². The minimum Gasteiger partial charge on any atom is -0.468 e. The van der Waals surface area contributed by atoms with Crippen LogP contribution in [0.1, 0.15) is 21.6 Å². The third-order valence-electron chi connectivity index (χ3n) is 3.34. The number of hydrogen-bond donors (Lipinski definition) is 1. The number of methoxy groups -OCH3 is 1. The molecule has 2 aromatic rings. The first kappa shape index (κ1) is 15.0. The number of esters is 1. The van der Waals surface area contributed by atoms with Crippen LogP contribution in [-0.2, 0) is 23.0 Å². The van der Waals surface area contributed by atoms with Gasteiger partial charge in [-0.05, 0) is 6.07 Å². The molecule has 1 aromatic carbocycles. The molecule has 0 fully saturated rings. The molecule has 21 heavy (non-hydrogen) atoms. The SMILES string of the molecule is COC(=O)C(N)Cc1cc(C(=O)c2ccccc2)cn1C. The van der Waals surface area contributed by atoms with Crippen molar-refractivity contribution < 1.29 is 14.3 Å². The van der Waals surface area contributed by atoms with Crippen molar-refractivity contribution in [2.75, 3.05) is 7.11 Å². The van der Waals surface area contributed by atoms with Gasteiger partial charge in [0, 0.05) is 36.5 Å². The van der Waals surface area contributed by atoms with Gasteiger partial charge in [-0.1, -0.05) is 30.3 Å². The number of benzene rings is 1. The van der Waals surface area contributed by atoms with Crippen molar-refractivity contribution in [2.45, 2.75) is 12.5 Å². The van der Waals surface area contributed by atoms with Gasteiger partial charge in [0.1, 0.15) is 6.04 Å². The van der Waals surface area contributed by atoms with Gasteiger partial charge in [-0.25, -0.2) is 0 Å². The zero-order valence-corrected chi connectivity index (χ0v) is 12.1. The summed E-state index contributed by atoms with van der Waals surface area (Å²) in [6.07, 6.45) is 2.07. The van der Waals surface area contributed by atoms with Gasteiger partial charge in [-0.15, -0.1) is 0 Å². The number of carbonyl (C=O) groups is 2. The van der Waals surface area contributed by atoms with E-state index in [9.17, 15) is 9.59 Å². The van der Waals surface area contributed by atoms with Gasteiger partial charge in [0.25, 0.3) is 0 Å². The van der Waals surface area contributed by atoms with Gasteiger partial charge in [0.05, 0.1) is 7.11 Å². The van der Waals surface area contributed by atoms with E-state index in [0.717, 1.165) is 5.69 Å². The Morgan fingerprint density at radius 1 is 1.24 bits per heavy atom. The van der Waals surface area contributed by atoms with Crippen molar-refractivity contribution >= 4 is 11.8 Å². The van der Waals surface area contributed by atoms with E-state index in [4.69, 9.17) is 5.73 Å². The number of hydrogen-bond acceptors (Lipinski definition) is 4. The molecular formula is C16H18N2O3. The molecule has 0 aliphatic rings. The van der Waals surface area contributed by atoms with Crippen LogP contribution in [0.15, 0.2) is 42.6 Å². The van der Waals surface area contributed by atoms with Crippen LogP contribution in [0.25, 0.3) is 0 Å². The highest BCUT2D eigenvalue weighted by Gasteiger charge is 2.18. The molecule has 0 aliphatic heterocycles. The predicted octanol–water partition coefficient (Wildman–Crippen LogP) is 1.30. The summed E-state index contributed by atoms with van der Waals surface area (Å²) in [5, 5.41) is 0. The third kappa shape index (κ3) is 3.38. The van der Waals surface area contributed by atoms with Crippen molar-refractivity contribution in [2.24, 2.45) is 12.8 Å². The van der Waals surface area contributed by atoms with E-state index in [2.05, 4.69) is 4.74 Å². The second kappa shape index (κ2) is 6.37. The number of aromatic nitrogens is 1. The Hall–Kier alpha value is -2.40. The van der Waals surface area contributed by atoms with E-state index in [-0.39, 0.29) is 5.78 Å². The summed E-state index contributed by atoms with van der Waals surface area (Å²) >= 11 is 0. The molecule has 2 N–H and O–H groups in total. The summed E-state index contributed by atoms with van der Waals surface area (Å²) in [5.74, 6) is -0.517. The molecule has 0 saturated carbocycles. The fraction of sp³-hybridized carbons (Fsp3) is 0.250. The number of rotatable bonds is 5. The Balaban J connectivity index is 2.19. The molecule has 5 heteroatoms. The van der Waals surface area contributed by atoms with Gasteiger partial charge in [-0.3, -0.25) is 9.59 Å². The first-order chi connectivity index (χ1) is 10.0. The molecular weight excluding hydrogens is 268 g/mol. The lowest BCUT2D eigenvalue weighted by Gasteiger charge is -2.09. The Kier molecular flexibility index (Phi) is 4.55. The summed E-state index contributed by atoms with van der Waals surface area (Å²) in [4.78, 5) is 23.7. The minimum atomic E-state index is -0.733. The number of carbonyl (C=O) groups excluding carboxylic acids is 2. The van der Waals surface area contributed by atoms with Crippen molar-refractivity contribution in [3.63, 3.8) is 0 Å². The Morgan fingerprint density at radius 2 is 1.90 bits per heavy atom. The van der Waals surface area contributed by atoms with Crippen LogP contribution in [0, 0.1) is 0 Å². The van der Waals surface area contributed by atoms with E-state index < -0.39 is 12.0 Å². The molecule has 1 aromatic heterocycles. The summed E-state index contributed by atoms with van der Waals surface area (Å²) in [6, 6.07) is 10.1. The van der Waals surface area contributed by atoms with Gasteiger partial charge in [0.15, 0.2) is 5.78 Å². The van der Waals surface area contributed by atoms with E-state index in [1.165, 1.54) is 7.11 Å². The minimum absolute atomic E-state index is 0.0518. The average Bonchev–Trinajstić information content (AvgIpc) is 2.87. The highest BCUT2D eigenvalue weighted by Crippen LogP contribution is 2.14. The van der Waals surface area contributed by atoms with E-state index in [1.54, 1.807) is 29.0 Å². The highest BCUT2D eigenvalue weighted by atomic mass is 16.5. The number of nitrogens with zero attached hydrogens (tertiary/aromatic N) is 1. The maximum atomic E-state index is 12.4. The lowest BCUT2D eigenvalue weighted by atomic mass is 10.1. The Labute approximate surface area is 123 Å². The largest absolute Gasteiger partial charge is 0.468 e. The first-order valence-corrected chi connectivity index (χ1v) is 6.61. The maximum Gasteiger partial charge on any atom is 0.323 e. The molecule has 1 heterocycles. The second-order valence-corrected chi connectivity index (χ2v) is 4.86. The van der Waals surface area contributed by atoms with E-state index in [1.807, 2.05) is 25.2 Å². The molecule has 0 amide bonds. The number of aryl methyl sites for hydroxylation is 1. The summed E-state index contributed by atoms with van der Waals surface area (Å²) in [5.41, 5.74) is 7.78. The van der Waals surface area contributed by atoms with Crippen LogP contribution < -0.4 is 5.73 Å². The standard InChI is InChI=1S/C16H18N2O3/c1-18-10-12(15(19)11-6-4-3-5-7-11)8-13(18)9-14(17)16(20)21-2/h3-8,10,14H,9,17H2,1-2H3. The monoisotopic (exact) mass is 286 g/mol. The molecule has 0 saturated heterocycles. The normalized spacial score (nSPS) is 12.0. The van der Waals surface area contributed by atoms with Crippen molar-refractivity contribution in [1.29, 1.82) is 0 Å². The smallest absolute Gasteiger partial charge is 0.323 e. The molecule has 0 radical (unpaired) electrons. The third-order valence-corrected chi connectivity index (χ3v) is 3.34. The molecule has 5 nitrogen and oxygen atoms in total. The van der Waals surface area contributed by atoms with Gasteiger partial charge in [-0.2, -0.15) is 0 Å². The van der Waals surface area contributed by atoms with Crippen molar-refractivity contribution in [3.8, 4) is 0 Å². The lowest BCUT2D eigenvalue weighted by molar-refractivity contribution is -0.142. The second-order valence-electron chi connectivity index (χ2n) is 4.86. The lowest BCUT2D eigenvalue weighted by Crippen LogP contribution is -2.34. The van der Waals surface area contributed by atoms with Crippen LogP contribution in [0.2, 0.25) is 0 Å². The molecule has 0 aliphatic carbocycles. The zero-order chi connectivity index (χ0) is 15.4. The molecule has 1 unspecified atom stereocenters. The van der Waals surface area contributed by atoms with Gasteiger partial charge in [0.2, 0.25) is 0 Å². The molecule has 110 valence electrons. The quantitative estimate of drug-likeness (QED) is 0.664. The van der Waals surface area contributed by atoms with Gasteiger partial charge >= 0.3 is 5.97 Å². The maximum absolute atomic E-state index is 12.4. The van der Waals surface area contributed by atoms with Crippen LogP contribution in [-0.4, -0.2) is 29.5 Å². The summed E-state index contributed by atoms with van der Waals surface area (Å²) in [6.45, 7) is 0. The Bertz CT molecular complexity index is 647. The molecule has 0 spiro atoms. The van der Waals surface area contributed by atoms with Crippen molar-refractivity contribution in [1.82, 2.24) is 4.57 Å². The van der Waals surface area contributed by atoms with Crippen LogP contribution >= 0.6 is 0 Å². The number of nitrogens with two attached hydrogens (primary N) is 1. The van der Waals surface area contributed by atoms with Crippen molar-refractivity contribution in [3.05, 3.63) is 59.4 Å². The topological polar surface area (TPSA) is 74.3 Å². The number of ether oxygens (including phenoxy) is 1. The Morgan fingerprint density at radius 3 is 2.52 bits per heavy atom. The fourth-order valence-corrected chi connectivity index (χ4v) is 2.15. The molecule has 2 rings (SSSR count). The summed E-state index contributed by atoms with van der Waals surface area (Å²) in [7, 11) is 3.12. The fourth-order valence-electron chi connectivity index (χ4n) is 2.15. The molecule has 1 atom stereocenters. The van der Waals surface area contributed by atoms with E-state index in [0.29, 0.717) is 17.5 Å². The summed E-state index contributed by atoms with van der Waals surface area (Å²) < 4.78 is 6.41. The number of ketones is 1.